The van der Waals surface area contributed by atoms with E-state index < -0.39 is 22.9 Å². The summed E-state index contributed by atoms with van der Waals surface area (Å²) in [7, 11) is -6.79. The summed E-state index contributed by atoms with van der Waals surface area (Å²) in [4.78, 5) is 21.3. The minimum Gasteiger partial charge on any atom is -0.423 e. The summed E-state index contributed by atoms with van der Waals surface area (Å²) < 4.78 is 35.2. The van der Waals surface area contributed by atoms with E-state index in [9.17, 15) is 9.13 Å². The van der Waals surface area contributed by atoms with Crippen LogP contribution in [0.2, 0.25) is 5.02 Å². The Morgan fingerprint density at radius 3 is 2.55 bits per heavy atom. The van der Waals surface area contributed by atoms with Crippen LogP contribution in [0.4, 0.5) is 6.01 Å². The summed E-state index contributed by atoms with van der Waals surface area (Å²) in [5.74, 6) is 0. The highest BCUT2D eigenvalue weighted by Gasteiger charge is 2.17. The van der Waals surface area contributed by atoms with Crippen molar-refractivity contribution < 1.29 is 32.4 Å². The van der Waals surface area contributed by atoms with E-state index in [0.717, 1.165) is 0 Å². The topological polar surface area (TPSA) is 131 Å². The van der Waals surface area contributed by atoms with Gasteiger partial charge < -0.3 is 14.2 Å². The van der Waals surface area contributed by atoms with Gasteiger partial charge in [-0.3, -0.25) is 23.5 Å². The zero-order chi connectivity index (χ0) is 14.7. The van der Waals surface area contributed by atoms with Gasteiger partial charge in [-0.15, -0.1) is 0 Å². The molecule has 3 N–H and O–H groups in total. The number of hydrogen-bond donors (Lipinski definition) is 3. The molecule has 0 radical (unpaired) electrons. The van der Waals surface area contributed by atoms with Gasteiger partial charge in [0.1, 0.15) is 5.52 Å². The van der Waals surface area contributed by atoms with Crippen LogP contribution in [-0.4, -0.2) is 21.2 Å². The highest BCUT2D eigenvalue weighted by atomic mass is 35.5. The fraction of sp³-hybridized carbons (Fsp3) is 0.125. The van der Waals surface area contributed by atoms with Gasteiger partial charge in [-0.2, -0.15) is 4.98 Å². The minimum atomic E-state index is -3.40. The Balaban J connectivity index is 2.18. The Kier molecular flexibility index (Phi) is 5.17. The van der Waals surface area contributed by atoms with Crippen LogP contribution in [-0.2, 0) is 18.2 Å². The maximum atomic E-state index is 10.6. The number of rotatable bonds is 6. The molecule has 1 heterocycles. The van der Waals surface area contributed by atoms with E-state index in [1.54, 1.807) is 12.1 Å². The smallest absolute Gasteiger partial charge is 0.320 e. The lowest BCUT2D eigenvalue weighted by molar-refractivity contribution is 0.0244. The van der Waals surface area contributed by atoms with E-state index >= 15 is 0 Å². The highest BCUT2D eigenvalue weighted by molar-refractivity contribution is 7.32. The van der Waals surface area contributed by atoms with Gasteiger partial charge in [0.15, 0.2) is 5.58 Å². The molecule has 20 heavy (non-hydrogen) atoms. The van der Waals surface area contributed by atoms with Crippen LogP contribution in [0.25, 0.3) is 11.1 Å². The number of halogens is 1. The van der Waals surface area contributed by atoms with Crippen molar-refractivity contribution in [3.05, 3.63) is 23.2 Å². The molecule has 9 nitrogen and oxygen atoms in total. The van der Waals surface area contributed by atoms with Crippen molar-refractivity contribution in [2.24, 2.45) is 0 Å². The molecule has 110 valence electrons. The van der Waals surface area contributed by atoms with Crippen molar-refractivity contribution in [2.75, 3.05) is 5.32 Å². The van der Waals surface area contributed by atoms with Gasteiger partial charge in [0.25, 0.3) is 12.4 Å². The van der Waals surface area contributed by atoms with E-state index in [0.29, 0.717) is 16.1 Å². The Bertz CT molecular complexity index is 647. The van der Waals surface area contributed by atoms with Crippen LogP contribution in [0.3, 0.4) is 0 Å². The molecule has 2 aromatic rings. The van der Waals surface area contributed by atoms with Crippen LogP contribution < -0.4 is 5.32 Å². The van der Waals surface area contributed by atoms with E-state index in [4.69, 9.17) is 25.8 Å². The predicted molar refractivity (Wildman–Crippen MR) is 71.0 cm³/mol. The van der Waals surface area contributed by atoms with Gasteiger partial charge in [0.2, 0.25) is 0 Å². The number of anilines is 1. The van der Waals surface area contributed by atoms with Crippen LogP contribution in [0.1, 0.15) is 0 Å². The molecule has 2 unspecified atom stereocenters. The third kappa shape index (κ3) is 4.29. The number of hydrogen-bond acceptors (Lipinski definition) is 7. The molecule has 0 aliphatic heterocycles. The van der Waals surface area contributed by atoms with Gasteiger partial charge in [-0.1, -0.05) is 11.6 Å². The fourth-order valence-electron chi connectivity index (χ4n) is 1.33. The molecule has 0 amide bonds. The summed E-state index contributed by atoms with van der Waals surface area (Å²) in [5, 5.41) is 2.76. The maximum absolute atomic E-state index is 10.6. The van der Waals surface area contributed by atoms with E-state index in [1.165, 1.54) is 6.07 Å². The van der Waals surface area contributed by atoms with Crippen LogP contribution in [0, 0.1) is 0 Å². The minimum absolute atomic E-state index is 0.126. The standard InChI is InChI=1S/C8H9ClN2O7P2/c9-4-1-2-6-5(3-4)10-7(16-6)11-8(17-19(12)13)18-20(14)15/h1-3,8,19-20H,(H,10,11)(H,12,13)(H,14,15). The van der Waals surface area contributed by atoms with E-state index in [2.05, 4.69) is 19.3 Å². The molecule has 0 saturated heterocycles. The highest BCUT2D eigenvalue weighted by Crippen LogP contribution is 2.28. The lowest BCUT2D eigenvalue weighted by atomic mass is 10.3. The number of benzene rings is 1. The molecule has 0 aliphatic rings. The van der Waals surface area contributed by atoms with Crippen molar-refractivity contribution in [3.63, 3.8) is 0 Å². The second kappa shape index (κ2) is 6.69. The number of fused-ring (bicyclic) bond motifs is 1. The number of aromatic nitrogens is 1. The van der Waals surface area contributed by atoms with Gasteiger partial charge in [0, 0.05) is 5.02 Å². The molecule has 0 spiro atoms. The van der Waals surface area contributed by atoms with Crippen LogP contribution in [0.15, 0.2) is 22.6 Å². The quantitative estimate of drug-likeness (QED) is 0.532. The first-order valence-corrected chi connectivity index (χ1v) is 7.96. The SMILES string of the molecule is O=[PH](O)OC(Nc1nc2cc(Cl)ccc2o1)O[PH](=O)O. The van der Waals surface area contributed by atoms with E-state index in [1.807, 2.05) is 0 Å². The van der Waals surface area contributed by atoms with Crippen LogP contribution in [0.5, 0.6) is 0 Å². The third-order valence-corrected chi connectivity index (χ3v) is 3.07. The molecule has 1 aromatic carbocycles. The Morgan fingerprint density at radius 1 is 1.30 bits per heavy atom. The summed E-state index contributed by atoms with van der Waals surface area (Å²) >= 11 is 5.78. The molecule has 0 aliphatic carbocycles. The predicted octanol–water partition coefficient (Wildman–Crippen LogP) is 1.97. The monoisotopic (exact) mass is 342 g/mol. The van der Waals surface area contributed by atoms with Gasteiger partial charge >= 0.3 is 16.5 Å². The first kappa shape index (κ1) is 15.5. The third-order valence-electron chi connectivity index (χ3n) is 2.01. The number of oxazole rings is 1. The van der Waals surface area contributed by atoms with Gasteiger partial charge in [0.05, 0.1) is 0 Å². The van der Waals surface area contributed by atoms with Crippen molar-refractivity contribution in [1.82, 2.24) is 4.98 Å². The molecule has 2 rings (SSSR count). The first-order chi connectivity index (χ1) is 9.44. The van der Waals surface area contributed by atoms with Crippen molar-refractivity contribution >= 4 is 45.2 Å². The molecule has 0 bridgehead atoms. The average Bonchev–Trinajstić information content (AvgIpc) is 2.68. The van der Waals surface area contributed by atoms with Gasteiger partial charge in [-0.05, 0) is 18.2 Å². The molecular formula is C8H9ClN2O7P2. The van der Waals surface area contributed by atoms with Gasteiger partial charge in [-0.25, -0.2) is 0 Å². The van der Waals surface area contributed by atoms with E-state index in [-0.39, 0.29) is 6.01 Å². The van der Waals surface area contributed by atoms with Crippen molar-refractivity contribution in [1.29, 1.82) is 0 Å². The average molecular weight is 343 g/mol. The molecule has 12 heteroatoms. The molecular weight excluding hydrogens is 333 g/mol. The number of nitrogens with zero attached hydrogens (tertiary/aromatic N) is 1. The summed E-state index contributed by atoms with van der Waals surface area (Å²) in [5.41, 5.74) is 0.816. The molecule has 0 fully saturated rings. The normalized spacial score (nSPS) is 15.9. The summed E-state index contributed by atoms with van der Waals surface area (Å²) in [6.07, 6.45) is -1.65. The van der Waals surface area contributed by atoms with Crippen molar-refractivity contribution in [2.45, 2.75) is 6.41 Å². The first-order valence-electron chi connectivity index (χ1n) is 5.06. The molecule has 1 aromatic heterocycles. The van der Waals surface area contributed by atoms with Crippen LogP contribution >= 0.6 is 28.1 Å². The van der Waals surface area contributed by atoms with Crippen molar-refractivity contribution in [3.8, 4) is 0 Å². The Hall–Kier alpha value is -0.920. The Morgan fingerprint density at radius 2 is 1.95 bits per heavy atom. The second-order valence-corrected chi connectivity index (χ2v) is 5.35. The molecule has 2 atom stereocenters. The Labute approximate surface area is 118 Å². The summed E-state index contributed by atoms with van der Waals surface area (Å²) in [6.45, 7) is 0. The number of nitrogens with one attached hydrogen (secondary N) is 1. The zero-order valence-corrected chi connectivity index (χ0v) is 12.3. The summed E-state index contributed by atoms with van der Waals surface area (Å²) in [6, 6.07) is 4.56. The zero-order valence-electron chi connectivity index (χ0n) is 9.57. The largest absolute Gasteiger partial charge is 0.423 e. The maximum Gasteiger partial charge on any atom is 0.320 e. The molecule has 0 saturated carbocycles. The second-order valence-electron chi connectivity index (χ2n) is 3.37. The lowest BCUT2D eigenvalue weighted by Crippen LogP contribution is -2.21. The fourth-order valence-corrected chi connectivity index (χ4v) is 2.17. The lowest BCUT2D eigenvalue weighted by Gasteiger charge is -2.14.